The van der Waals surface area contributed by atoms with E-state index in [4.69, 9.17) is 9.47 Å². The van der Waals surface area contributed by atoms with E-state index < -0.39 is 28.3 Å². The summed E-state index contributed by atoms with van der Waals surface area (Å²) in [5, 5.41) is 3.79. The van der Waals surface area contributed by atoms with Crippen molar-refractivity contribution in [3.63, 3.8) is 0 Å². The summed E-state index contributed by atoms with van der Waals surface area (Å²) < 4.78 is 67.3. The third-order valence-corrected chi connectivity index (χ3v) is 10.0. The number of ketones is 1. The molecule has 1 saturated heterocycles. The predicted molar refractivity (Wildman–Crippen MR) is 162 cm³/mol. The zero-order valence-electron chi connectivity index (χ0n) is 24.6. The fourth-order valence-corrected chi connectivity index (χ4v) is 7.22. The number of benzene rings is 1. The number of anilines is 2. The van der Waals surface area contributed by atoms with E-state index in [1.54, 1.807) is 31.4 Å². The number of pyridine rings is 1. The van der Waals surface area contributed by atoms with Gasteiger partial charge in [0.05, 0.1) is 34.3 Å². The Morgan fingerprint density at radius 3 is 2.61 bits per heavy atom. The number of sulfone groups is 1. The number of fused-ring (bicyclic) bond motifs is 1. The van der Waals surface area contributed by atoms with E-state index in [1.807, 2.05) is 6.92 Å². The number of imidazole rings is 1. The van der Waals surface area contributed by atoms with Gasteiger partial charge >= 0.3 is 0 Å². The number of carbonyl (C=O) groups excluding carboxylic acids is 1. The average Bonchev–Trinajstić information content (AvgIpc) is 3.67. The van der Waals surface area contributed by atoms with Gasteiger partial charge in [0.15, 0.2) is 21.3 Å². The van der Waals surface area contributed by atoms with Gasteiger partial charge in [0.25, 0.3) is 6.43 Å². The Morgan fingerprint density at radius 1 is 1.16 bits per heavy atom. The number of hydrogen-bond donors (Lipinski definition) is 1. The second-order valence-corrected chi connectivity index (χ2v) is 14.5. The van der Waals surface area contributed by atoms with Crippen molar-refractivity contribution in [1.29, 1.82) is 0 Å². The molecule has 0 bridgehead atoms. The van der Waals surface area contributed by atoms with Crippen LogP contribution in [0.3, 0.4) is 0 Å². The molecule has 3 aromatic heterocycles. The van der Waals surface area contributed by atoms with Crippen molar-refractivity contribution in [2.24, 2.45) is 5.92 Å². The Morgan fingerprint density at radius 2 is 1.95 bits per heavy atom. The lowest BCUT2D eigenvalue weighted by Crippen LogP contribution is -2.21. The van der Waals surface area contributed by atoms with Crippen molar-refractivity contribution in [2.75, 3.05) is 25.3 Å². The van der Waals surface area contributed by atoms with Gasteiger partial charge < -0.3 is 14.8 Å². The number of aromatic nitrogens is 4. The number of halogens is 2. The zero-order chi connectivity index (χ0) is 31.2. The standard InChI is InChI=1S/C30H33F2N5O5S2/c1-16-22(15-41-2)35-30(43-16)18-9-10-20(24(12-18)44(3,39)40)34-21-13-19(14-23(38)17-7-8-17)33-28-26(21)36-29(27(31)32)37(28)25-6-4-5-11-42-25/h9-10,12-13,17,25,27H,4-8,11,14-15H2,1-3H3,(H,33,34). The Balaban J connectivity index is 1.47. The number of aryl methyl sites for hydroxylation is 1. The van der Waals surface area contributed by atoms with Gasteiger partial charge in [-0.15, -0.1) is 11.3 Å². The Hall–Kier alpha value is -3.33. The van der Waals surface area contributed by atoms with Crippen LogP contribution in [0.25, 0.3) is 21.7 Å². The molecular formula is C30H33F2N5O5S2. The third kappa shape index (κ3) is 6.25. The molecule has 1 aliphatic heterocycles. The van der Waals surface area contributed by atoms with Crippen LogP contribution in [0.1, 0.15) is 66.8 Å². The smallest absolute Gasteiger partial charge is 0.295 e. The summed E-state index contributed by atoms with van der Waals surface area (Å²) in [4.78, 5) is 27.3. The molecule has 4 aromatic rings. The number of thiazole rings is 1. The van der Waals surface area contributed by atoms with Crippen LogP contribution in [0, 0.1) is 12.8 Å². The summed E-state index contributed by atoms with van der Waals surface area (Å²) in [6.07, 6.45) is 1.34. The van der Waals surface area contributed by atoms with Crippen molar-refractivity contribution < 1.29 is 31.5 Å². The van der Waals surface area contributed by atoms with Gasteiger partial charge in [0, 0.05) is 42.8 Å². The summed E-state index contributed by atoms with van der Waals surface area (Å²) in [6.45, 7) is 2.69. The normalized spacial score (nSPS) is 17.5. The molecule has 2 aliphatic rings. The molecule has 4 heterocycles. The maximum absolute atomic E-state index is 14.4. The van der Waals surface area contributed by atoms with E-state index in [-0.39, 0.29) is 45.6 Å². The first-order valence-corrected chi connectivity index (χ1v) is 17.1. The summed E-state index contributed by atoms with van der Waals surface area (Å²) >= 11 is 1.43. The molecule has 1 unspecified atom stereocenters. The molecule has 0 amide bonds. The minimum Gasteiger partial charge on any atom is -0.378 e. The Bertz CT molecular complexity index is 1830. The number of Topliss-reactive ketones (excluding diaryl/α,β-unsaturated/α-hetero) is 1. The third-order valence-electron chi connectivity index (χ3n) is 7.83. The largest absolute Gasteiger partial charge is 0.378 e. The topological polar surface area (TPSA) is 125 Å². The molecule has 0 spiro atoms. The van der Waals surface area contributed by atoms with E-state index in [0.29, 0.717) is 35.9 Å². The Labute approximate surface area is 257 Å². The van der Waals surface area contributed by atoms with Crippen LogP contribution < -0.4 is 5.32 Å². The van der Waals surface area contributed by atoms with Gasteiger partial charge in [-0.2, -0.15) is 0 Å². The number of rotatable bonds is 11. The minimum absolute atomic E-state index is 0.000781. The van der Waals surface area contributed by atoms with E-state index in [9.17, 15) is 22.0 Å². The fraction of sp³-hybridized carbons (Fsp3) is 0.467. The number of nitrogens with one attached hydrogen (secondary N) is 1. The number of hydrogen-bond acceptors (Lipinski definition) is 10. The molecular weight excluding hydrogens is 612 g/mol. The van der Waals surface area contributed by atoms with Crippen LogP contribution >= 0.6 is 11.3 Å². The fourth-order valence-electron chi connectivity index (χ4n) is 5.44. The highest BCUT2D eigenvalue weighted by atomic mass is 32.2. The second kappa shape index (κ2) is 12.2. The van der Waals surface area contributed by atoms with Crippen molar-refractivity contribution in [2.45, 2.75) is 69.6 Å². The van der Waals surface area contributed by atoms with Gasteiger partial charge in [-0.1, -0.05) is 0 Å². The molecule has 1 aliphatic carbocycles. The molecule has 234 valence electrons. The van der Waals surface area contributed by atoms with Gasteiger partial charge in [0.1, 0.15) is 22.5 Å². The van der Waals surface area contributed by atoms with E-state index in [2.05, 4.69) is 20.3 Å². The number of alkyl halides is 2. The zero-order valence-corrected chi connectivity index (χ0v) is 26.2. The summed E-state index contributed by atoms with van der Waals surface area (Å²) in [5.74, 6) is -0.474. The van der Waals surface area contributed by atoms with E-state index in [1.165, 1.54) is 15.9 Å². The van der Waals surface area contributed by atoms with Crippen LogP contribution in [0.2, 0.25) is 0 Å². The molecule has 6 rings (SSSR count). The molecule has 1 N–H and O–H groups in total. The first-order chi connectivity index (χ1) is 21.0. The lowest BCUT2D eigenvalue weighted by molar-refractivity contribution is -0.119. The molecule has 44 heavy (non-hydrogen) atoms. The number of methoxy groups -OCH3 is 1. The summed E-state index contributed by atoms with van der Waals surface area (Å²) in [5.41, 5.74) is 2.58. The lowest BCUT2D eigenvalue weighted by atomic mass is 10.1. The van der Waals surface area contributed by atoms with Crippen molar-refractivity contribution in [3.8, 4) is 10.6 Å². The molecule has 1 saturated carbocycles. The molecule has 14 heteroatoms. The first kappa shape index (κ1) is 30.7. The second-order valence-electron chi connectivity index (χ2n) is 11.3. The van der Waals surface area contributed by atoms with Gasteiger partial charge in [-0.05, 0) is 63.3 Å². The van der Waals surface area contributed by atoms with Crippen LogP contribution in [0.5, 0.6) is 0 Å². The van der Waals surface area contributed by atoms with Gasteiger partial charge in [0.2, 0.25) is 0 Å². The lowest BCUT2D eigenvalue weighted by Gasteiger charge is -2.25. The van der Waals surface area contributed by atoms with E-state index in [0.717, 1.165) is 42.5 Å². The minimum atomic E-state index is -3.76. The summed E-state index contributed by atoms with van der Waals surface area (Å²) in [7, 11) is -2.18. The van der Waals surface area contributed by atoms with Crippen molar-refractivity contribution >= 4 is 49.5 Å². The molecule has 0 radical (unpaired) electrons. The van der Waals surface area contributed by atoms with Crippen LogP contribution in [0.4, 0.5) is 20.2 Å². The molecule has 2 fully saturated rings. The van der Waals surface area contributed by atoms with Gasteiger partial charge in [-0.3, -0.25) is 9.36 Å². The number of carbonyl (C=O) groups is 1. The first-order valence-electron chi connectivity index (χ1n) is 14.4. The van der Waals surface area contributed by atoms with Crippen molar-refractivity contribution in [3.05, 3.63) is 46.4 Å². The van der Waals surface area contributed by atoms with E-state index >= 15 is 0 Å². The van der Waals surface area contributed by atoms with Crippen LogP contribution in [0.15, 0.2) is 29.2 Å². The highest BCUT2D eigenvalue weighted by molar-refractivity contribution is 7.90. The number of ether oxygens (including phenoxy) is 2. The number of nitrogens with zero attached hydrogens (tertiary/aromatic N) is 4. The Kier molecular flexibility index (Phi) is 8.52. The molecule has 1 aromatic carbocycles. The van der Waals surface area contributed by atoms with Gasteiger partial charge in [-0.25, -0.2) is 32.2 Å². The van der Waals surface area contributed by atoms with Crippen LogP contribution in [-0.2, 0) is 37.1 Å². The monoisotopic (exact) mass is 645 g/mol. The SMILES string of the molecule is COCc1nc(-c2ccc(Nc3cc(CC(=O)C4CC4)nc4c3nc(C(F)F)n4C3CCCCO3)c(S(C)(=O)=O)c2)sc1C. The molecule has 10 nitrogen and oxygen atoms in total. The highest BCUT2D eigenvalue weighted by Crippen LogP contribution is 2.39. The predicted octanol–water partition coefficient (Wildman–Crippen LogP) is 6.32. The van der Waals surface area contributed by atoms with Crippen molar-refractivity contribution in [1.82, 2.24) is 19.5 Å². The van der Waals surface area contributed by atoms with Crippen LogP contribution in [-0.4, -0.2) is 53.7 Å². The maximum atomic E-state index is 14.4. The maximum Gasteiger partial charge on any atom is 0.295 e. The average molecular weight is 646 g/mol. The highest BCUT2D eigenvalue weighted by Gasteiger charge is 2.32. The summed E-state index contributed by atoms with van der Waals surface area (Å²) in [6, 6.07) is 6.51. The quantitative estimate of drug-likeness (QED) is 0.200. The molecule has 1 atom stereocenters.